The predicted octanol–water partition coefficient (Wildman–Crippen LogP) is 2.68. The number of nitrogens with one attached hydrogen (secondary N) is 1. The maximum Gasteiger partial charge on any atom is 0.311 e. The van der Waals surface area contributed by atoms with Crippen molar-refractivity contribution in [1.82, 2.24) is 4.98 Å². The average Bonchev–Trinajstić information content (AvgIpc) is 2.40. The van der Waals surface area contributed by atoms with E-state index in [-0.39, 0.29) is 23.2 Å². The second kappa shape index (κ2) is 5.58. The Balaban J connectivity index is 2.56. The fourth-order valence-corrected chi connectivity index (χ4v) is 1.95. The number of nitrogen functional groups attached to an aromatic ring is 1. The molecule has 0 spiro atoms. The number of nitrogens with two attached hydrogens (primary N) is 1. The van der Waals surface area contributed by atoms with Gasteiger partial charge in [0.1, 0.15) is 5.84 Å². The molecule has 0 saturated carbocycles. The van der Waals surface area contributed by atoms with Gasteiger partial charge < -0.3 is 10.5 Å². The van der Waals surface area contributed by atoms with Gasteiger partial charge in [-0.15, -0.1) is 0 Å². The molecule has 0 atom stereocenters. The van der Waals surface area contributed by atoms with E-state index in [0.29, 0.717) is 16.7 Å². The van der Waals surface area contributed by atoms with Gasteiger partial charge in [-0.25, -0.2) is 4.98 Å². The van der Waals surface area contributed by atoms with Crippen LogP contribution in [0.3, 0.4) is 0 Å². The minimum Gasteiger partial charge on any atom is -0.431 e. The highest BCUT2D eigenvalue weighted by Gasteiger charge is 2.21. The number of pyridine rings is 1. The van der Waals surface area contributed by atoms with E-state index in [1.54, 1.807) is 32.0 Å². The van der Waals surface area contributed by atoms with E-state index in [0.717, 1.165) is 0 Å². The van der Waals surface area contributed by atoms with Crippen molar-refractivity contribution in [3.8, 4) is 11.6 Å². The molecule has 0 aliphatic heterocycles. The summed E-state index contributed by atoms with van der Waals surface area (Å²) in [6, 6.07) is 6.32. The Morgan fingerprint density at radius 3 is 2.67 bits per heavy atom. The summed E-state index contributed by atoms with van der Waals surface area (Å²) in [5.41, 5.74) is 7.01. The first-order chi connectivity index (χ1) is 9.91. The Kier molecular flexibility index (Phi) is 3.84. The summed E-state index contributed by atoms with van der Waals surface area (Å²) in [6.07, 6.45) is 1.50. The van der Waals surface area contributed by atoms with Crippen molar-refractivity contribution < 1.29 is 9.66 Å². The molecule has 2 aromatic rings. The minimum absolute atomic E-state index is 0.0832. The topological polar surface area (TPSA) is 115 Å². The Morgan fingerprint density at radius 2 is 2.05 bits per heavy atom. The monoisotopic (exact) mass is 286 g/mol. The van der Waals surface area contributed by atoms with Gasteiger partial charge in [-0.1, -0.05) is 12.1 Å². The van der Waals surface area contributed by atoms with Crippen LogP contribution in [0.4, 0.5) is 5.69 Å². The zero-order valence-corrected chi connectivity index (χ0v) is 11.6. The number of nitrogens with zero attached hydrogens (tertiary/aromatic N) is 2. The van der Waals surface area contributed by atoms with Crippen molar-refractivity contribution in [3.05, 3.63) is 57.3 Å². The van der Waals surface area contributed by atoms with Gasteiger partial charge in [-0.05, 0) is 31.0 Å². The number of aromatic nitrogens is 1. The molecule has 0 fully saturated rings. The molecule has 0 unspecified atom stereocenters. The number of nitro groups is 1. The zero-order chi connectivity index (χ0) is 15.6. The highest BCUT2D eigenvalue weighted by molar-refractivity contribution is 5.98. The molecule has 7 heteroatoms. The molecule has 108 valence electrons. The van der Waals surface area contributed by atoms with Crippen LogP contribution in [0.15, 0.2) is 30.5 Å². The van der Waals surface area contributed by atoms with Gasteiger partial charge >= 0.3 is 5.69 Å². The number of aryl methyl sites for hydroxylation is 2. The van der Waals surface area contributed by atoms with Crippen molar-refractivity contribution in [3.63, 3.8) is 0 Å². The summed E-state index contributed by atoms with van der Waals surface area (Å²) >= 11 is 0. The first-order valence-electron chi connectivity index (χ1n) is 6.13. The lowest BCUT2D eigenvalue weighted by atomic mass is 10.1. The molecule has 0 radical (unpaired) electrons. The molecule has 1 aromatic carbocycles. The number of nitro benzene ring substituents is 1. The fraction of sp³-hybridized carbons (Fsp3) is 0.143. The number of benzene rings is 1. The third kappa shape index (κ3) is 2.81. The van der Waals surface area contributed by atoms with E-state index in [9.17, 15) is 10.1 Å². The highest BCUT2D eigenvalue weighted by Crippen LogP contribution is 2.35. The number of ether oxygens (including phenoxy) is 1. The van der Waals surface area contributed by atoms with Crippen LogP contribution in [0, 0.1) is 29.4 Å². The Hall–Kier alpha value is -2.96. The Bertz CT molecular complexity index is 728. The Morgan fingerprint density at radius 1 is 1.33 bits per heavy atom. The second-order valence-electron chi connectivity index (χ2n) is 4.50. The van der Waals surface area contributed by atoms with E-state index < -0.39 is 4.92 Å². The van der Waals surface area contributed by atoms with Crippen LogP contribution in [-0.2, 0) is 0 Å². The van der Waals surface area contributed by atoms with Crippen LogP contribution in [0.5, 0.6) is 11.6 Å². The van der Waals surface area contributed by atoms with Crippen molar-refractivity contribution >= 4 is 11.5 Å². The van der Waals surface area contributed by atoms with Crippen LogP contribution < -0.4 is 10.5 Å². The molecule has 3 N–H and O–H groups in total. The number of para-hydroxylation sites is 1. The lowest BCUT2D eigenvalue weighted by Gasteiger charge is -2.12. The number of rotatable bonds is 4. The fourth-order valence-electron chi connectivity index (χ4n) is 1.95. The number of amidine groups is 1. The third-order valence-electron chi connectivity index (χ3n) is 2.98. The molecule has 7 nitrogen and oxygen atoms in total. The predicted molar refractivity (Wildman–Crippen MR) is 77.9 cm³/mol. The molecule has 0 aliphatic carbocycles. The largest absolute Gasteiger partial charge is 0.431 e. The summed E-state index contributed by atoms with van der Waals surface area (Å²) in [5, 5.41) is 18.7. The van der Waals surface area contributed by atoms with Gasteiger partial charge in [0, 0.05) is 12.3 Å². The summed E-state index contributed by atoms with van der Waals surface area (Å²) < 4.78 is 5.60. The molecular weight excluding hydrogens is 272 g/mol. The summed E-state index contributed by atoms with van der Waals surface area (Å²) in [4.78, 5) is 14.6. The van der Waals surface area contributed by atoms with Crippen LogP contribution in [0.25, 0.3) is 0 Å². The van der Waals surface area contributed by atoms with Crippen molar-refractivity contribution in [2.75, 3.05) is 0 Å². The van der Waals surface area contributed by atoms with Crippen molar-refractivity contribution in [2.24, 2.45) is 5.73 Å². The lowest BCUT2D eigenvalue weighted by Crippen LogP contribution is -2.15. The van der Waals surface area contributed by atoms with E-state index in [2.05, 4.69) is 4.98 Å². The van der Waals surface area contributed by atoms with Crippen LogP contribution >= 0.6 is 0 Å². The summed E-state index contributed by atoms with van der Waals surface area (Å²) in [6.45, 7) is 3.46. The summed E-state index contributed by atoms with van der Waals surface area (Å²) in [7, 11) is 0. The van der Waals surface area contributed by atoms with Gasteiger partial charge in [-0.3, -0.25) is 15.5 Å². The maximum atomic E-state index is 11.1. The van der Waals surface area contributed by atoms with E-state index in [4.69, 9.17) is 15.9 Å². The lowest BCUT2D eigenvalue weighted by molar-refractivity contribution is -0.385. The van der Waals surface area contributed by atoms with Crippen molar-refractivity contribution in [2.45, 2.75) is 13.8 Å². The second-order valence-corrected chi connectivity index (χ2v) is 4.50. The van der Waals surface area contributed by atoms with E-state index in [1.807, 2.05) is 0 Å². The van der Waals surface area contributed by atoms with Gasteiger partial charge in [-0.2, -0.15) is 0 Å². The first-order valence-corrected chi connectivity index (χ1v) is 6.13. The smallest absolute Gasteiger partial charge is 0.311 e. The molecule has 21 heavy (non-hydrogen) atoms. The van der Waals surface area contributed by atoms with Gasteiger partial charge in [0.25, 0.3) is 0 Å². The molecule has 2 rings (SSSR count). The highest BCUT2D eigenvalue weighted by atomic mass is 16.6. The molecule has 0 saturated heterocycles. The van der Waals surface area contributed by atoms with Gasteiger partial charge in [0.2, 0.25) is 11.6 Å². The van der Waals surface area contributed by atoms with Gasteiger partial charge in [0.15, 0.2) is 0 Å². The number of hydrogen-bond donors (Lipinski definition) is 2. The van der Waals surface area contributed by atoms with Crippen LogP contribution in [0.1, 0.15) is 16.7 Å². The Labute approximate surface area is 121 Å². The molecule has 0 bridgehead atoms. The minimum atomic E-state index is -0.522. The SMILES string of the molecule is Cc1cccc([N+](=O)[O-])c1Oc1nccc(C)c1C(=N)N. The normalized spacial score (nSPS) is 10.2. The van der Waals surface area contributed by atoms with Crippen molar-refractivity contribution in [1.29, 1.82) is 5.41 Å². The van der Waals surface area contributed by atoms with Crippen LogP contribution in [0.2, 0.25) is 0 Å². The van der Waals surface area contributed by atoms with Gasteiger partial charge in [0.05, 0.1) is 10.5 Å². The molecule has 1 heterocycles. The van der Waals surface area contributed by atoms with E-state index in [1.165, 1.54) is 12.3 Å². The molecular formula is C14H14N4O3. The quantitative estimate of drug-likeness (QED) is 0.388. The maximum absolute atomic E-state index is 11.1. The molecule has 1 aromatic heterocycles. The summed E-state index contributed by atoms with van der Waals surface area (Å²) in [5.74, 6) is -0.0187. The van der Waals surface area contributed by atoms with E-state index >= 15 is 0 Å². The standard InChI is InChI=1S/C14H14N4O3/c1-8-6-7-17-14(11(8)13(15)16)21-12-9(2)4-3-5-10(12)18(19)20/h3-7H,1-2H3,(H3,15,16). The first kappa shape index (κ1) is 14.4. The molecule has 0 amide bonds. The average molecular weight is 286 g/mol. The van der Waals surface area contributed by atoms with Crippen LogP contribution in [-0.4, -0.2) is 15.7 Å². The molecule has 0 aliphatic rings. The zero-order valence-electron chi connectivity index (χ0n) is 11.6. The number of hydrogen-bond acceptors (Lipinski definition) is 5. The third-order valence-corrected chi connectivity index (χ3v) is 2.98.